The summed E-state index contributed by atoms with van der Waals surface area (Å²) >= 11 is 0. The number of carbonyl (C=O) groups is 1. The van der Waals surface area contributed by atoms with Gasteiger partial charge in [-0.05, 0) is 38.1 Å². The van der Waals surface area contributed by atoms with Gasteiger partial charge in [0.2, 0.25) is 0 Å². The molecule has 0 amide bonds. The number of rotatable bonds is 8. The lowest BCUT2D eigenvalue weighted by Gasteiger charge is -2.29. The van der Waals surface area contributed by atoms with E-state index in [1.807, 2.05) is 6.92 Å². The number of hydrogen-bond donors (Lipinski definition) is 5. The van der Waals surface area contributed by atoms with Crippen molar-refractivity contribution in [2.75, 3.05) is 25.2 Å². The number of hydrazine groups is 1. The van der Waals surface area contributed by atoms with Crippen LogP contribution >= 0.6 is 0 Å². The summed E-state index contributed by atoms with van der Waals surface area (Å²) in [6.07, 6.45) is -4.56. The van der Waals surface area contributed by atoms with Crippen molar-refractivity contribution >= 4 is 11.7 Å². The van der Waals surface area contributed by atoms with Crippen molar-refractivity contribution in [3.8, 4) is 5.75 Å². The Hall–Kier alpha value is -1.91. The second kappa shape index (κ2) is 8.45. The first kappa shape index (κ1) is 19.4. The van der Waals surface area contributed by atoms with Gasteiger partial charge in [-0.25, -0.2) is 10.2 Å². The van der Waals surface area contributed by atoms with E-state index in [9.17, 15) is 20.1 Å². The van der Waals surface area contributed by atoms with Crippen molar-refractivity contribution in [1.29, 1.82) is 0 Å². The van der Waals surface area contributed by atoms with Crippen LogP contribution in [0.1, 0.15) is 13.8 Å². The van der Waals surface area contributed by atoms with Crippen molar-refractivity contribution in [2.45, 2.75) is 37.9 Å². The van der Waals surface area contributed by atoms with E-state index >= 15 is 0 Å². The van der Waals surface area contributed by atoms with Crippen LogP contribution in [-0.4, -0.2) is 65.1 Å². The van der Waals surface area contributed by atoms with Crippen molar-refractivity contribution in [3.63, 3.8) is 0 Å². The van der Waals surface area contributed by atoms with Gasteiger partial charge in [0.15, 0.2) is 11.8 Å². The molecule has 1 aliphatic rings. The molecule has 25 heavy (non-hydrogen) atoms. The minimum Gasteiger partial charge on any atom is -0.494 e. The van der Waals surface area contributed by atoms with E-state index in [2.05, 4.69) is 15.6 Å². The molecule has 9 heteroatoms. The standard InChI is InChI=1S/C16H24N2O7/c1-3-23-11-7-5-10(6-8-11)17-18-16(22)9-25-13(14(16)20)12(19)15(21)24-4-2/h5-8,12-14,17-20,22H,3-4,9H2,1-2H3/t12-,13+,14+,16-/m0/s1. The molecule has 0 radical (unpaired) electrons. The fraction of sp³-hybridized carbons (Fsp3) is 0.562. The molecule has 5 N–H and O–H groups in total. The van der Waals surface area contributed by atoms with Gasteiger partial charge in [0.05, 0.1) is 19.8 Å². The van der Waals surface area contributed by atoms with Gasteiger partial charge >= 0.3 is 5.97 Å². The Kier molecular flexibility index (Phi) is 6.57. The van der Waals surface area contributed by atoms with Crippen LogP contribution in [0.15, 0.2) is 24.3 Å². The average Bonchev–Trinajstić information content (AvgIpc) is 2.90. The second-order valence-corrected chi connectivity index (χ2v) is 5.55. The highest BCUT2D eigenvalue weighted by Crippen LogP contribution is 2.26. The second-order valence-electron chi connectivity index (χ2n) is 5.55. The largest absolute Gasteiger partial charge is 0.494 e. The number of carbonyl (C=O) groups excluding carboxylic acids is 1. The summed E-state index contributed by atoms with van der Waals surface area (Å²) in [5, 5.41) is 30.6. The van der Waals surface area contributed by atoms with Gasteiger partial charge in [0.25, 0.3) is 0 Å². The topological polar surface area (TPSA) is 130 Å². The van der Waals surface area contributed by atoms with E-state index in [0.29, 0.717) is 18.0 Å². The molecular formula is C16H24N2O7. The van der Waals surface area contributed by atoms with Gasteiger partial charge in [0, 0.05) is 5.69 Å². The molecule has 0 saturated carbocycles. The zero-order chi connectivity index (χ0) is 18.4. The van der Waals surface area contributed by atoms with E-state index < -0.39 is 30.0 Å². The minimum absolute atomic E-state index is 0.0839. The molecular weight excluding hydrogens is 332 g/mol. The van der Waals surface area contributed by atoms with Crippen LogP contribution < -0.4 is 15.6 Å². The monoisotopic (exact) mass is 356 g/mol. The van der Waals surface area contributed by atoms with Crippen LogP contribution in [-0.2, 0) is 14.3 Å². The fourth-order valence-electron chi connectivity index (χ4n) is 2.39. The Morgan fingerprint density at radius 1 is 1.36 bits per heavy atom. The Morgan fingerprint density at radius 3 is 2.64 bits per heavy atom. The van der Waals surface area contributed by atoms with Gasteiger partial charge in [-0.15, -0.1) is 0 Å². The average molecular weight is 356 g/mol. The first-order valence-electron chi connectivity index (χ1n) is 8.04. The Balaban J connectivity index is 1.94. The number of aliphatic hydroxyl groups is 3. The Morgan fingerprint density at radius 2 is 2.04 bits per heavy atom. The van der Waals surface area contributed by atoms with Crippen LogP contribution in [0.3, 0.4) is 0 Å². The van der Waals surface area contributed by atoms with Crippen LogP contribution in [0.4, 0.5) is 5.69 Å². The molecule has 0 aromatic heterocycles. The van der Waals surface area contributed by atoms with Gasteiger partial charge in [-0.1, -0.05) is 0 Å². The number of anilines is 1. The predicted molar refractivity (Wildman–Crippen MR) is 87.7 cm³/mol. The van der Waals surface area contributed by atoms with Gasteiger partial charge in [-0.3, -0.25) is 0 Å². The zero-order valence-corrected chi connectivity index (χ0v) is 14.1. The van der Waals surface area contributed by atoms with Crippen LogP contribution in [0.2, 0.25) is 0 Å². The number of aliphatic hydroxyl groups excluding tert-OH is 2. The predicted octanol–water partition coefficient (Wildman–Crippen LogP) is -0.626. The lowest BCUT2D eigenvalue weighted by Crippen LogP contribution is -2.59. The summed E-state index contributed by atoms with van der Waals surface area (Å²) in [7, 11) is 0. The Bertz CT molecular complexity index is 568. The van der Waals surface area contributed by atoms with E-state index in [-0.39, 0.29) is 13.2 Å². The number of hydrogen-bond acceptors (Lipinski definition) is 9. The summed E-state index contributed by atoms with van der Waals surface area (Å²) in [4.78, 5) is 11.6. The highest BCUT2D eigenvalue weighted by molar-refractivity contribution is 5.75. The smallest absolute Gasteiger partial charge is 0.337 e. The molecule has 4 atom stereocenters. The van der Waals surface area contributed by atoms with Crippen molar-refractivity contribution in [3.05, 3.63) is 24.3 Å². The fourth-order valence-corrected chi connectivity index (χ4v) is 2.39. The van der Waals surface area contributed by atoms with Crippen molar-refractivity contribution in [2.24, 2.45) is 0 Å². The first-order chi connectivity index (χ1) is 11.9. The molecule has 1 fully saturated rings. The molecule has 1 aliphatic heterocycles. The third-order valence-electron chi connectivity index (χ3n) is 3.72. The summed E-state index contributed by atoms with van der Waals surface area (Å²) < 4.78 is 15.2. The normalized spacial score (nSPS) is 26.9. The maximum atomic E-state index is 11.6. The molecule has 0 spiro atoms. The summed E-state index contributed by atoms with van der Waals surface area (Å²) in [5.41, 5.74) is 4.02. The molecule has 1 saturated heterocycles. The molecule has 1 aromatic carbocycles. The van der Waals surface area contributed by atoms with E-state index in [0.717, 1.165) is 0 Å². The van der Waals surface area contributed by atoms with Crippen LogP contribution in [0.5, 0.6) is 5.75 Å². The minimum atomic E-state index is -1.89. The third kappa shape index (κ3) is 4.59. The highest BCUT2D eigenvalue weighted by atomic mass is 16.6. The summed E-state index contributed by atoms with van der Waals surface area (Å²) in [5.74, 6) is -0.219. The van der Waals surface area contributed by atoms with Gasteiger partial charge < -0.3 is 35.0 Å². The summed E-state index contributed by atoms with van der Waals surface area (Å²) in [6, 6.07) is 6.92. The molecule has 1 heterocycles. The first-order valence-corrected chi connectivity index (χ1v) is 8.04. The van der Waals surface area contributed by atoms with Crippen LogP contribution in [0.25, 0.3) is 0 Å². The third-order valence-corrected chi connectivity index (χ3v) is 3.72. The molecule has 0 unspecified atom stereocenters. The van der Waals surface area contributed by atoms with Crippen LogP contribution in [0, 0.1) is 0 Å². The van der Waals surface area contributed by atoms with E-state index in [1.54, 1.807) is 31.2 Å². The van der Waals surface area contributed by atoms with Gasteiger partial charge in [0.1, 0.15) is 18.0 Å². The molecule has 2 rings (SSSR count). The lowest BCUT2D eigenvalue weighted by atomic mass is 10.0. The van der Waals surface area contributed by atoms with E-state index in [4.69, 9.17) is 9.47 Å². The molecule has 0 aliphatic carbocycles. The number of ether oxygens (including phenoxy) is 3. The quantitative estimate of drug-likeness (QED) is 0.235. The maximum absolute atomic E-state index is 11.6. The molecule has 140 valence electrons. The SMILES string of the molecule is CCOC(=O)[C@@H](O)[C@H]1OC[C@@](O)(NNc2ccc(OCC)cc2)[C@@H]1O. The number of esters is 1. The molecule has 1 aromatic rings. The molecule has 9 nitrogen and oxygen atoms in total. The number of benzene rings is 1. The van der Waals surface area contributed by atoms with Crippen molar-refractivity contribution in [1.82, 2.24) is 5.43 Å². The van der Waals surface area contributed by atoms with Gasteiger partial charge in [-0.2, -0.15) is 0 Å². The Labute approximate surface area is 145 Å². The lowest BCUT2D eigenvalue weighted by molar-refractivity contribution is -0.164. The van der Waals surface area contributed by atoms with E-state index in [1.165, 1.54) is 0 Å². The zero-order valence-electron chi connectivity index (χ0n) is 14.1. The number of nitrogens with one attached hydrogen (secondary N) is 2. The molecule has 0 bridgehead atoms. The highest BCUT2D eigenvalue weighted by Gasteiger charge is 2.52. The summed E-state index contributed by atoms with van der Waals surface area (Å²) in [6.45, 7) is 3.78. The maximum Gasteiger partial charge on any atom is 0.337 e. The van der Waals surface area contributed by atoms with Crippen molar-refractivity contribution < 1.29 is 34.3 Å².